The molecule has 1 aromatic rings. The van der Waals surface area contributed by atoms with Crippen molar-refractivity contribution < 1.29 is 0 Å². The lowest BCUT2D eigenvalue weighted by Gasteiger charge is -2.14. The maximum atomic E-state index is 4.72. The smallest absolute Gasteiger partial charge is 0.0495 e. The van der Waals surface area contributed by atoms with Gasteiger partial charge in [0.05, 0.1) is 0 Å². The van der Waals surface area contributed by atoms with Crippen LogP contribution in [0.15, 0.2) is 24.3 Å². The molecule has 14 heavy (non-hydrogen) atoms. The van der Waals surface area contributed by atoms with E-state index in [4.69, 9.17) is 5.32 Å². The summed E-state index contributed by atoms with van der Waals surface area (Å²) in [7, 11) is 0. The molecule has 1 heteroatoms. The van der Waals surface area contributed by atoms with Crippen molar-refractivity contribution in [2.45, 2.75) is 38.6 Å². The molecule has 1 atom stereocenters. The van der Waals surface area contributed by atoms with E-state index in [1.165, 1.54) is 36.8 Å². The van der Waals surface area contributed by atoms with Gasteiger partial charge in [0.25, 0.3) is 0 Å². The van der Waals surface area contributed by atoms with E-state index >= 15 is 0 Å². The summed E-state index contributed by atoms with van der Waals surface area (Å²) < 4.78 is 0. The lowest BCUT2D eigenvalue weighted by Crippen LogP contribution is -2.12. The first-order valence-corrected chi connectivity index (χ1v) is 5.59. The van der Waals surface area contributed by atoms with Crippen molar-refractivity contribution in [2.24, 2.45) is 0 Å². The predicted octanol–water partition coefficient (Wildman–Crippen LogP) is 3.21. The fourth-order valence-corrected chi connectivity index (χ4v) is 2.03. The minimum Gasteiger partial charge on any atom is -0.234 e. The van der Waals surface area contributed by atoms with Crippen LogP contribution in [-0.2, 0) is 0 Å². The van der Waals surface area contributed by atoms with Crippen molar-refractivity contribution in [2.75, 3.05) is 6.54 Å². The lowest BCUT2D eigenvalue weighted by molar-refractivity contribution is 0.524. The summed E-state index contributed by atoms with van der Waals surface area (Å²) in [6, 6.07) is 9.31. The molecule has 1 aliphatic rings. The molecule has 1 saturated heterocycles. The van der Waals surface area contributed by atoms with Gasteiger partial charge < -0.3 is 0 Å². The topological polar surface area (TPSA) is 14.1 Å². The maximum Gasteiger partial charge on any atom is 0.0495 e. The molecule has 1 heterocycles. The third-order valence-electron chi connectivity index (χ3n) is 2.95. The second-order valence-electron chi connectivity index (χ2n) is 4.18. The van der Waals surface area contributed by atoms with Gasteiger partial charge in [-0.25, -0.2) is 5.32 Å². The van der Waals surface area contributed by atoms with Crippen LogP contribution in [0.25, 0.3) is 0 Å². The number of rotatable bonds is 1. The van der Waals surface area contributed by atoms with Crippen LogP contribution >= 0.6 is 0 Å². The average molecular weight is 188 g/mol. The zero-order valence-electron chi connectivity index (χ0n) is 8.87. The molecule has 0 aliphatic carbocycles. The van der Waals surface area contributed by atoms with Crippen molar-refractivity contribution in [1.82, 2.24) is 5.32 Å². The lowest BCUT2D eigenvalue weighted by atomic mass is 10.0. The summed E-state index contributed by atoms with van der Waals surface area (Å²) in [6.07, 6.45) is 5.21. The Morgan fingerprint density at radius 2 is 1.86 bits per heavy atom. The zero-order valence-corrected chi connectivity index (χ0v) is 8.87. The van der Waals surface area contributed by atoms with Gasteiger partial charge in [0.2, 0.25) is 0 Å². The van der Waals surface area contributed by atoms with Gasteiger partial charge in [-0.1, -0.05) is 42.7 Å². The second-order valence-corrected chi connectivity index (χ2v) is 4.18. The molecule has 1 radical (unpaired) electrons. The van der Waals surface area contributed by atoms with E-state index in [1.54, 1.807) is 0 Å². The Hall–Kier alpha value is -0.820. The Morgan fingerprint density at radius 3 is 2.64 bits per heavy atom. The highest BCUT2D eigenvalue weighted by atomic mass is 14.9. The molecule has 0 saturated carbocycles. The molecule has 0 bridgehead atoms. The normalized spacial score (nSPS) is 23.1. The molecule has 0 amide bonds. The van der Waals surface area contributed by atoms with Gasteiger partial charge in [0.1, 0.15) is 0 Å². The van der Waals surface area contributed by atoms with Gasteiger partial charge in [0.15, 0.2) is 0 Å². The zero-order chi connectivity index (χ0) is 9.80. The largest absolute Gasteiger partial charge is 0.234 e. The molecule has 1 aromatic carbocycles. The molecule has 1 aliphatic heterocycles. The van der Waals surface area contributed by atoms with Crippen LogP contribution in [0.4, 0.5) is 0 Å². The number of aryl methyl sites for hydroxylation is 1. The Kier molecular flexibility index (Phi) is 3.20. The van der Waals surface area contributed by atoms with E-state index in [9.17, 15) is 0 Å². The minimum atomic E-state index is 0.470. The highest BCUT2D eigenvalue weighted by Gasteiger charge is 2.13. The first-order valence-electron chi connectivity index (χ1n) is 5.59. The molecule has 1 nitrogen and oxygen atoms in total. The standard InChI is InChI=1S/C13H18N/c1-11-6-8-12(9-7-11)13-5-3-2-4-10-14-13/h6-9,13H,2-5,10H2,1H3. The Labute approximate surface area is 86.5 Å². The molecular formula is C13H18N. The van der Waals surface area contributed by atoms with E-state index in [1.807, 2.05) is 0 Å². The molecule has 2 rings (SSSR count). The SMILES string of the molecule is Cc1ccc(C2CCCCC[N]2)cc1. The summed E-state index contributed by atoms with van der Waals surface area (Å²) in [6.45, 7) is 3.19. The van der Waals surface area contributed by atoms with Crippen molar-refractivity contribution >= 4 is 0 Å². The van der Waals surface area contributed by atoms with Crippen LogP contribution < -0.4 is 5.32 Å². The van der Waals surface area contributed by atoms with E-state index in [0.29, 0.717) is 6.04 Å². The van der Waals surface area contributed by atoms with Crippen molar-refractivity contribution in [3.05, 3.63) is 35.4 Å². The summed E-state index contributed by atoms with van der Waals surface area (Å²) in [5.41, 5.74) is 2.74. The molecule has 0 aromatic heterocycles. The van der Waals surface area contributed by atoms with Gasteiger partial charge in [-0.15, -0.1) is 0 Å². The van der Waals surface area contributed by atoms with Crippen LogP contribution in [-0.4, -0.2) is 6.54 Å². The number of hydrogen-bond donors (Lipinski definition) is 0. The van der Waals surface area contributed by atoms with Crippen molar-refractivity contribution in [3.63, 3.8) is 0 Å². The van der Waals surface area contributed by atoms with Crippen LogP contribution in [0.1, 0.15) is 42.9 Å². The number of benzene rings is 1. The second kappa shape index (κ2) is 4.61. The fourth-order valence-electron chi connectivity index (χ4n) is 2.03. The summed E-state index contributed by atoms with van der Waals surface area (Å²) in [4.78, 5) is 0. The Bertz CT molecular complexity index is 268. The Morgan fingerprint density at radius 1 is 1.07 bits per heavy atom. The number of hydrogen-bond acceptors (Lipinski definition) is 0. The highest BCUT2D eigenvalue weighted by Crippen LogP contribution is 2.23. The number of nitrogens with zero attached hydrogens (tertiary/aromatic N) is 1. The van der Waals surface area contributed by atoms with E-state index in [2.05, 4.69) is 31.2 Å². The quantitative estimate of drug-likeness (QED) is 0.642. The molecule has 0 N–H and O–H groups in total. The summed E-state index contributed by atoms with van der Waals surface area (Å²) in [5, 5.41) is 4.72. The molecular weight excluding hydrogens is 170 g/mol. The van der Waals surface area contributed by atoms with Gasteiger partial charge in [0, 0.05) is 12.6 Å². The first kappa shape index (κ1) is 9.72. The molecule has 0 spiro atoms. The third kappa shape index (κ3) is 2.36. The van der Waals surface area contributed by atoms with Gasteiger partial charge in [-0.3, -0.25) is 0 Å². The summed E-state index contributed by atoms with van der Waals surface area (Å²) in [5.74, 6) is 0. The van der Waals surface area contributed by atoms with Gasteiger partial charge in [-0.2, -0.15) is 0 Å². The van der Waals surface area contributed by atoms with Crippen LogP contribution in [0, 0.1) is 6.92 Å². The Balaban J connectivity index is 2.08. The summed E-state index contributed by atoms with van der Waals surface area (Å²) >= 11 is 0. The van der Waals surface area contributed by atoms with Gasteiger partial charge >= 0.3 is 0 Å². The van der Waals surface area contributed by atoms with Crippen LogP contribution in [0.3, 0.4) is 0 Å². The van der Waals surface area contributed by atoms with E-state index in [0.717, 1.165) is 6.54 Å². The molecule has 1 unspecified atom stereocenters. The highest BCUT2D eigenvalue weighted by molar-refractivity contribution is 5.24. The third-order valence-corrected chi connectivity index (χ3v) is 2.95. The monoisotopic (exact) mass is 188 g/mol. The average Bonchev–Trinajstić information content (AvgIpc) is 2.47. The van der Waals surface area contributed by atoms with Crippen LogP contribution in [0.5, 0.6) is 0 Å². The van der Waals surface area contributed by atoms with Crippen molar-refractivity contribution in [3.8, 4) is 0 Å². The predicted molar refractivity (Wildman–Crippen MR) is 59.4 cm³/mol. The first-order chi connectivity index (χ1) is 6.86. The van der Waals surface area contributed by atoms with Crippen molar-refractivity contribution in [1.29, 1.82) is 0 Å². The maximum absolute atomic E-state index is 4.72. The minimum absolute atomic E-state index is 0.470. The van der Waals surface area contributed by atoms with Gasteiger partial charge in [-0.05, 0) is 25.3 Å². The fraction of sp³-hybridized carbons (Fsp3) is 0.538. The van der Waals surface area contributed by atoms with E-state index < -0.39 is 0 Å². The molecule has 1 fully saturated rings. The van der Waals surface area contributed by atoms with E-state index in [-0.39, 0.29) is 0 Å². The molecule has 75 valence electrons. The van der Waals surface area contributed by atoms with Crippen LogP contribution in [0.2, 0.25) is 0 Å².